The van der Waals surface area contributed by atoms with Crippen molar-refractivity contribution >= 4 is 46.2 Å². The molecule has 2 aromatic heterocycles. The average Bonchev–Trinajstić information content (AvgIpc) is 3.15. The van der Waals surface area contributed by atoms with Crippen molar-refractivity contribution in [2.24, 2.45) is 0 Å². The Bertz CT molecular complexity index is 886. The summed E-state index contributed by atoms with van der Waals surface area (Å²) >= 11 is 13.0. The fourth-order valence-electron chi connectivity index (χ4n) is 2.56. The van der Waals surface area contributed by atoms with Crippen molar-refractivity contribution in [2.45, 2.75) is 11.6 Å². The molecule has 2 heterocycles. The third-order valence-electron chi connectivity index (χ3n) is 3.89. The van der Waals surface area contributed by atoms with Gasteiger partial charge in [-0.3, -0.25) is 0 Å². The number of benzene rings is 1. The van der Waals surface area contributed by atoms with Crippen molar-refractivity contribution in [3.05, 3.63) is 80.7 Å². The predicted octanol–water partition coefficient (Wildman–Crippen LogP) is 4.58. The number of aliphatic carboxylic acids is 1. The molecule has 1 aromatic carbocycles. The summed E-state index contributed by atoms with van der Waals surface area (Å²) in [5.74, 6) is -1.40. The first-order valence-electron chi connectivity index (χ1n) is 7.54. The van der Waals surface area contributed by atoms with Crippen molar-refractivity contribution in [3.8, 4) is 0 Å². The Balaban J connectivity index is 2.09. The van der Waals surface area contributed by atoms with Crippen LogP contribution in [0.1, 0.15) is 16.5 Å². The van der Waals surface area contributed by atoms with Crippen molar-refractivity contribution < 1.29 is 15.0 Å². The minimum absolute atomic E-state index is 0.120. The fourth-order valence-corrected chi connectivity index (χ4v) is 3.64. The van der Waals surface area contributed by atoms with E-state index in [0.29, 0.717) is 15.6 Å². The van der Waals surface area contributed by atoms with E-state index in [1.165, 1.54) is 29.7 Å². The summed E-state index contributed by atoms with van der Waals surface area (Å²) in [5, 5.41) is 26.8. The van der Waals surface area contributed by atoms with Gasteiger partial charge in [0.1, 0.15) is 11.2 Å². The summed E-state index contributed by atoms with van der Waals surface area (Å²) in [5.41, 5.74) is -1.52. The van der Waals surface area contributed by atoms with Crippen LogP contribution in [0.25, 0.3) is 0 Å². The minimum Gasteiger partial charge on any atom is -0.479 e. The largest absolute Gasteiger partial charge is 0.479 e. The molecule has 0 fully saturated rings. The number of carbonyl (C=O) groups is 1. The van der Waals surface area contributed by atoms with E-state index >= 15 is 0 Å². The highest BCUT2D eigenvalue weighted by Crippen LogP contribution is 2.40. The maximum absolute atomic E-state index is 12.1. The van der Waals surface area contributed by atoms with Crippen LogP contribution in [0.4, 0.5) is 5.69 Å². The standard InChI is InChI=1S/C18H14Cl2N2O3S/c19-12-4-6-13(7-5-12)22-16(14-2-1-9-26-14)18(25,17(23)24)11-3-8-15(20)21-10-11/h1-10,16,22,25H,(H,23,24). The molecule has 0 radical (unpaired) electrons. The Morgan fingerprint density at radius 3 is 2.42 bits per heavy atom. The number of anilines is 1. The predicted molar refractivity (Wildman–Crippen MR) is 103 cm³/mol. The van der Waals surface area contributed by atoms with Gasteiger partial charge in [0.2, 0.25) is 5.60 Å². The van der Waals surface area contributed by atoms with Crippen LogP contribution in [0.5, 0.6) is 0 Å². The number of nitrogens with zero attached hydrogens (tertiary/aromatic N) is 1. The van der Waals surface area contributed by atoms with Crippen LogP contribution in [-0.2, 0) is 10.4 Å². The number of carboxylic acids is 1. The molecule has 134 valence electrons. The van der Waals surface area contributed by atoms with E-state index in [-0.39, 0.29) is 10.7 Å². The molecule has 0 aliphatic heterocycles. The lowest BCUT2D eigenvalue weighted by molar-refractivity contribution is -0.161. The van der Waals surface area contributed by atoms with E-state index in [2.05, 4.69) is 10.3 Å². The van der Waals surface area contributed by atoms with Crippen LogP contribution in [0.3, 0.4) is 0 Å². The van der Waals surface area contributed by atoms with Gasteiger partial charge in [0, 0.05) is 27.3 Å². The molecule has 8 heteroatoms. The summed E-state index contributed by atoms with van der Waals surface area (Å²) in [6.45, 7) is 0. The number of halogens is 2. The summed E-state index contributed by atoms with van der Waals surface area (Å²) in [6.07, 6.45) is 1.26. The zero-order chi connectivity index (χ0) is 18.7. The number of aliphatic hydroxyl groups is 1. The highest BCUT2D eigenvalue weighted by atomic mass is 35.5. The molecule has 2 unspecified atom stereocenters. The number of pyridine rings is 1. The molecule has 0 saturated carbocycles. The topological polar surface area (TPSA) is 82.5 Å². The number of thiophene rings is 1. The Labute approximate surface area is 163 Å². The molecule has 0 amide bonds. The SMILES string of the molecule is O=C(O)C(O)(c1ccc(Cl)nc1)C(Nc1ccc(Cl)cc1)c1cccs1. The van der Waals surface area contributed by atoms with Gasteiger partial charge >= 0.3 is 5.97 Å². The van der Waals surface area contributed by atoms with Crippen LogP contribution < -0.4 is 5.32 Å². The highest BCUT2D eigenvalue weighted by molar-refractivity contribution is 7.10. The van der Waals surface area contributed by atoms with Crippen LogP contribution in [0, 0.1) is 0 Å². The fraction of sp³-hybridized carbons (Fsp3) is 0.111. The van der Waals surface area contributed by atoms with Gasteiger partial charge in [0.15, 0.2) is 0 Å². The zero-order valence-electron chi connectivity index (χ0n) is 13.3. The molecule has 2 atom stereocenters. The monoisotopic (exact) mass is 408 g/mol. The Morgan fingerprint density at radius 2 is 1.88 bits per heavy atom. The molecule has 0 saturated heterocycles. The molecular weight excluding hydrogens is 395 g/mol. The summed E-state index contributed by atoms with van der Waals surface area (Å²) in [7, 11) is 0. The molecule has 5 nitrogen and oxygen atoms in total. The van der Waals surface area contributed by atoms with Crippen molar-refractivity contribution in [1.82, 2.24) is 4.98 Å². The van der Waals surface area contributed by atoms with Gasteiger partial charge in [-0.15, -0.1) is 11.3 Å². The molecule has 0 aliphatic carbocycles. The lowest BCUT2D eigenvalue weighted by atomic mass is 9.86. The number of hydrogen-bond acceptors (Lipinski definition) is 5. The van der Waals surface area contributed by atoms with Gasteiger partial charge < -0.3 is 15.5 Å². The summed E-state index contributed by atoms with van der Waals surface area (Å²) in [6, 6.07) is 12.3. The molecule has 0 aliphatic rings. The van der Waals surface area contributed by atoms with E-state index in [9.17, 15) is 15.0 Å². The van der Waals surface area contributed by atoms with Gasteiger partial charge in [0.25, 0.3) is 0 Å². The second-order valence-corrected chi connectivity index (χ2v) is 7.34. The van der Waals surface area contributed by atoms with E-state index < -0.39 is 17.6 Å². The maximum Gasteiger partial charge on any atom is 0.343 e. The Kier molecular flexibility index (Phi) is 5.48. The van der Waals surface area contributed by atoms with E-state index in [1.807, 2.05) is 5.38 Å². The number of rotatable bonds is 6. The quantitative estimate of drug-likeness (QED) is 0.520. The normalized spacial score (nSPS) is 14.4. The highest BCUT2D eigenvalue weighted by Gasteiger charge is 2.48. The zero-order valence-corrected chi connectivity index (χ0v) is 15.6. The molecule has 3 N–H and O–H groups in total. The van der Waals surface area contributed by atoms with Crippen LogP contribution in [0.15, 0.2) is 60.1 Å². The molecule has 0 spiro atoms. The number of aromatic nitrogens is 1. The second kappa shape index (κ2) is 7.63. The van der Waals surface area contributed by atoms with E-state index in [0.717, 1.165) is 0 Å². The van der Waals surface area contributed by atoms with Gasteiger partial charge in [-0.1, -0.05) is 35.3 Å². The average molecular weight is 409 g/mol. The Morgan fingerprint density at radius 1 is 1.15 bits per heavy atom. The van der Waals surface area contributed by atoms with Gasteiger partial charge in [-0.2, -0.15) is 0 Å². The minimum atomic E-state index is -2.26. The first-order valence-corrected chi connectivity index (χ1v) is 9.18. The smallest absolute Gasteiger partial charge is 0.343 e. The second-order valence-electron chi connectivity index (χ2n) is 5.54. The lowest BCUT2D eigenvalue weighted by Crippen LogP contribution is -2.44. The van der Waals surface area contributed by atoms with E-state index in [1.54, 1.807) is 36.4 Å². The molecule has 0 bridgehead atoms. The third kappa shape index (κ3) is 3.68. The van der Waals surface area contributed by atoms with E-state index in [4.69, 9.17) is 23.2 Å². The molecule has 3 rings (SSSR count). The van der Waals surface area contributed by atoms with Crippen LogP contribution in [0.2, 0.25) is 10.2 Å². The van der Waals surface area contributed by atoms with Crippen molar-refractivity contribution in [3.63, 3.8) is 0 Å². The van der Waals surface area contributed by atoms with Crippen molar-refractivity contribution in [1.29, 1.82) is 0 Å². The summed E-state index contributed by atoms with van der Waals surface area (Å²) < 4.78 is 0. The maximum atomic E-state index is 12.1. The number of carboxylic acid groups (broad SMARTS) is 1. The lowest BCUT2D eigenvalue weighted by Gasteiger charge is -2.33. The Hall–Kier alpha value is -2.12. The first-order chi connectivity index (χ1) is 12.4. The summed E-state index contributed by atoms with van der Waals surface area (Å²) in [4.78, 5) is 16.7. The number of hydrogen-bond donors (Lipinski definition) is 3. The van der Waals surface area contributed by atoms with Gasteiger partial charge in [-0.05, 0) is 41.8 Å². The van der Waals surface area contributed by atoms with Gasteiger partial charge in [0.05, 0.1) is 0 Å². The molecule has 3 aromatic rings. The van der Waals surface area contributed by atoms with Gasteiger partial charge in [-0.25, -0.2) is 9.78 Å². The van der Waals surface area contributed by atoms with Crippen LogP contribution in [-0.4, -0.2) is 21.2 Å². The van der Waals surface area contributed by atoms with Crippen molar-refractivity contribution in [2.75, 3.05) is 5.32 Å². The molecular formula is C18H14Cl2N2O3S. The third-order valence-corrected chi connectivity index (χ3v) is 5.31. The molecule has 26 heavy (non-hydrogen) atoms. The van der Waals surface area contributed by atoms with Crippen LogP contribution >= 0.6 is 34.5 Å². The first kappa shape index (κ1) is 18.7. The number of nitrogens with one attached hydrogen (secondary N) is 1.